The first-order valence-electron chi connectivity index (χ1n) is 6.40. The Bertz CT molecular complexity index is 385. The van der Waals surface area contributed by atoms with Crippen molar-refractivity contribution >= 4 is 11.8 Å². The van der Waals surface area contributed by atoms with E-state index in [1.54, 1.807) is 11.8 Å². The predicted octanol–water partition coefficient (Wildman–Crippen LogP) is 1.80. The van der Waals surface area contributed by atoms with Crippen molar-refractivity contribution in [2.24, 2.45) is 0 Å². The zero-order chi connectivity index (χ0) is 11.7. The monoisotopic (exact) mass is 254 g/mol. The molecule has 0 bridgehead atoms. The number of nitrogens with zero attached hydrogens (tertiary/aromatic N) is 4. The maximum atomic E-state index is 10.4. The van der Waals surface area contributed by atoms with Crippen molar-refractivity contribution in [3.05, 3.63) is 0 Å². The van der Waals surface area contributed by atoms with E-state index in [0.717, 1.165) is 36.6 Å². The zero-order valence-electron chi connectivity index (χ0n) is 9.88. The van der Waals surface area contributed by atoms with Crippen LogP contribution in [0.25, 0.3) is 0 Å². The number of thioether (sulfide) groups is 1. The highest BCUT2D eigenvalue weighted by atomic mass is 32.2. The number of aliphatic hydroxyl groups is 1. The molecule has 0 spiro atoms. The van der Waals surface area contributed by atoms with E-state index in [9.17, 15) is 5.11 Å². The van der Waals surface area contributed by atoms with Gasteiger partial charge in [-0.2, -0.15) is 0 Å². The highest BCUT2D eigenvalue weighted by Crippen LogP contribution is 2.38. The summed E-state index contributed by atoms with van der Waals surface area (Å²) in [4.78, 5) is 0. The van der Waals surface area contributed by atoms with Crippen LogP contribution in [0.15, 0.2) is 5.16 Å². The van der Waals surface area contributed by atoms with Crippen molar-refractivity contribution in [2.45, 2.75) is 61.7 Å². The Balaban J connectivity index is 1.60. The van der Waals surface area contributed by atoms with Crippen molar-refractivity contribution in [2.75, 3.05) is 5.75 Å². The highest BCUT2D eigenvalue weighted by molar-refractivity contribution is 7.99. The van der Waals surface area contributed by atoms with Crippen LogP contribution in [0.5, 0.6) is 0 Å². The van der Waals surface area contributed by atoms with Crippen LogP contribution in [0, 0.1) is 0 Å². The quantitative estimate of drug-likeness (QED) is 0.830. The lowest BCUT2D eigenvalue weighted by Gasteiger charge is -2.31. The maximum Gasteiger partial charge on any atom is 0.209 e. The van der Waals surface area contributed by atoms with Gasteiger partial charge in [0.1, 0.15) is 0 Å². The summed E-state index contributed by atoms with van der Waals surface area (Å²) in [7, 11) is 0. The fourth-order valence-corrected chi connectivity index (χ4v) is 3.48. The molecule has 0 amide bonds. The van der Waals surface area contributed by atoms with Crippen LogP contribution >= 0.6 is 11.8 Å². The molecule has 0 unspecified atom stereocenters. The summed E-state index contributed by atoms with van der Waals surface area (Å²) in [6.07, 6.45) is 7.75. The molecule has 1 heterocycles. The molecular formula is C11H18N4OS. The predicted molar refractivity (Wildman–Crippen MR) is 64.8 cm³/mol. The fourth-order valence-electron chi connectivity index (χ4n) is 2.38. The molecule has 0 saturated heterocycles. The molecule has 2 fully saturated rings. The van der Waals surface area contributed by atoms with Gasteiger partial charge in [-0.15, -0.1) is 5.10 Å². The molecule has 3 rings (SSSR count). The van der Waals surface area contributed by atoms with E-state index in [2.05, 4.69) is 15.5 Å². The Kier molecular flexibility index (Phi) is 3.08. The van der Waals surface area contributed by atoms with E-state index in [4.69, 9.17) is 0 Å². The molecule has 2 aliphatic rings. The standard InChI is InChI=1S/C11H18N4OS/c16-11(6-2-1-3-7-11)8-17-10-12-13-14-15(10)9-4-5-9/h9,16H,1-8H2. The first-order valence-corrected chi connectivity index (χ1v) is 7.38. The lowest BCUT2D eigenvalue weighted by Crippen LogP contribution is -2.34. The molecule has 2 aliphatic carbocycles. The molecule has 1 aromatic heterocycles. The average Bonchev–Trinajstić information content (AvgIpc) is 3.07. The summed E-state index contributed by atoms with van der Waals surface area (Å²) in [5.74, 6) is 0.722. The second-order valence-corrected chi connectivity index (χ2v) is 6.15. The topological polar surface area (TPSA) is 63.8 Å². The van der Waals surface area contributed by atoms with E-state index in [-0.39, 0.29) is 0 Å². The van der Waals surface area contributed by atoms with E-state index < -0.39 is 5.60 Å². The molecule has 6 heteroatoms. The molecule has 94 valence electrons. The summed E-state index contributed by atoms with van der Waals surface area (Å²) < 4.78 is 1.91. The van der Waals surface area contributed by atoms with Gasteiger partial charge in [0.15, 0.2) is 0 Å². The SMILES string of the molecule is OC1(CSc2nnnn2C2CC2)CCCCC1. The van der Waals surface area contributed by atoms with Gasteiger partial charge < -0.3 is 5.11 Å². The Morgan fingerprint density at radius 1 is 1.29 bits per heavy atom. The van der Waals surface area contributed by atoms with Gasteiger partial charge in [-0.25, -0.2) is 4.68 Å². The summed E-state index contributed by atoms with van der Waals surface area (Å²) in [5.41, 5.74) is -0.497. The van der Waals surface area contributed by atoms with Gasteiger partial charge in [0.25, 0.3) is 0 Å². The van der Waals surface area contributed by atoms with E-state index >= 15 is 0 Å². The van der Waals surface area contributed by atoms with Gasteiger partial charge in [-0.3, -0.25) is 0 Å². The highest BCUT2D eigenvalue weighted by Gasteiger charge is 2.32. The summed E-state index contributed by atoms with van der Waals surface area (Å²) in [6, 6.07) is 0.508. The molecule has 0 radical (unpaired) electrons. The molecule has 5 nitrogen and oxygen atoms in total. The number of hydrogen-bond acceptors (Lipinski definition) is 5. The molecule has 0 atom stereocenters. The average molecular weight is 254 g/mol. The van der Waals surface area contributed by atoms with Crippen molar-refractivity contribution in [3.8, 4) is 0 Å². The van der Waals surface area contributed by atoms with Crippen LogP contribution in [0.2, 0.25) is 0 Å². The molecule has 0 aromatic carbocycles. The first kappa shape index (κ1) is 11.5. The Morgan fingerprint density at radius 3 is 2.76 bits per heavy atom. The number of aromatic nitrogens is 4. The third-order valence-electron chi connectivity index (χ3n) is 3.61. The molecule has 1 aromatic rings. The normalized spacial score (nSPS) is 23.8. The molecular weight excluding hydrogens is 236 g/mol. The molecule has 17 heavy (non-hydrogen) atoms. The van der Waals surface area contributed by atoms with Crippen LogP contribution in [0.1, 0.15) is 51.0 Å². The van der Waals surface area contributed by atoms with Gasteiger partial charge in [-0.05, 0) is 36.1 Å². The van der Waals surface area contributed by atoms with Crippen molar-refractivity contribution < 1.29 is 5.11 Å². The number of hydrogen-bond donors (Lipinski definition) is 1. The first-order chi connectivity index (χ1) is 8.27. The smallest absolute Gasteiger partial charge is 0.209 e. The largest absolute Gasteiger partial charge is 0.389 e. The van der Waals surface area contributed by atoms with E-state index in [1.807, 2.05) is 4.68 Å². The van der Waals surface area contributed by atoms with Crippen LogP contribution in [0.4, 0.5) is 0 Å². The lowest BCUT2D eigenvalue weighted by atomic mass is 9.86. The minimum Gasteiger partial charge on any atom is -0.389 e. The van der Waals surface area contributed by atoms with Crippen LogP contribution in [-0.2, 0) is 0 Å². The number of rotatable bonds is 4. The Hall–Kier alpha value is -0.620. The van der Waals surface area contributed by atoms with Crippen molar-refractivity contribution in [3.63, 3.8) is 0 Å². The lowest BCUT2D eigenvalue weighted by molar-refractivity contribution is 0.0272. The molecule has 1 N–H and O–H groups in total. The zero-order valence-corrected chi connectivity index (χ0v) is 10.7. The van der Waals surface area contributed by atoms with E-state index in [1.165, 1.54) is 19.3 Å². The Labute approximate surface area is 105 Å². The minimum absolute atomic E-state index is 0.497. The second-order valence-electron chi connectivity index (χ2n) is 5.21. The molecule has 2 saturated carbocycles. The van der Waals surface area contributed by atoms with Crippen LogP contribution in [-0.4, -0.2) is 36.7 Å². The number of tetrazole rings is 1. The van der Waals surface area contributed by atoms with Gasteiger partial charge in [0.2, 0.25) is 5.16 Å². The van der Waals surface area contributed by atoms with Crippen molar-refractivity contribution in [1.29, 1.82) is 0 Å². The van der Waals surface area contributed by atoms with Gasteiger partial charge in [-0.1, -0.05) is 31.0 Å². The summed E-state index contributed by atoms with van der Waals surface area (Å²) >= 11 is 1.60. The van der Waals surface area contributed by atoms with E-state index in [0.29, 0.717) is 6.04 Å². The third kappa shape index (κ3) is 2.63. The van der Waals surface area contributed by atoms with Gasteiger partial charge >= 0.3 is 0 Å². The summed E-state index contributed by atoms with van der Waals surface area (Å²) in [6.45, 7) is 0. The van der Waals surface area contributed by atoms with Gasteiger partial charge in [0.05, 0.1) is 11.6 Å². The van der Waals surface area contributed by atoms with Crippen molar-refractivity contribution in [1.82, 2.24) is 20.2 Å². The van der Waals surface area contributed by atoms with Crippen LogP contribution in [0.3, 0.4) is 0 Å². The maximum absolute atomic E-state index is 10.4. The van der Waals surface area contributed by atoms with Crippen LogP contribution < -0.4 is 0 Å². The summed E-state index contributed by atoms with van der Waals surface area (Å²) in [5, 5.41) is 23.1. The fraction of sp³-hybridized carbons (Fsp3) is 0.909. The minimum atomic E-state index is -0.497. The van der Waals surface area contributed by atoms with Gasteiger partial charge in [0, 0.05) is 5.75 Å². The Morgan fingerprint density at radius 2 is 2.06 bits per heavy atom. The molecule has 0 aliphatic heterocycles. The second kappa shape index (κ2) is 4.57. The third-order valence-corrected chi connectivity index (χ3v) is 4.82.